The van der Waals surface area contributed by atoms with Crippen LogP contribution in [0.4, 0.5) is 10.1 Å². The van der Waals surface area contributed by atoms with Crippen LogP contribution in [0.25, 0.3) is 10.9 Å². The van der Waals surface area contributed by atoms with Crippen LogP contribution in [0.2, 0.25) is 0 Å². The fourth-order valence-corrected chi connectivity index (χ4v) is 2.99. The molecule has 5 nitrogen and oxygen atoms in total. The molecule has 4 rings (SSSR count). The van der Waals surface area contributed by atoms with Gasteiger partial charge < -0.3 is 5.32 Å². The lowest BCUT2D eigenvalue weighted by Gasteiger charge is -2.08. The van der Waals surface area contributed by atoms with Gasteiger partial charge in [-0.05, 0) is 42.8 Å². The van der Waals surface area contributed by atoms with Crippen LogP contribution in [0.1, 0.15) is 22.6 Å². The minimum absolute atomic E-state index is 0.0652. The van der Waals surface area contributed by atoms with Gasteiger partial charge in [-0.1, -0.05) is 6.07 Å². The number of carbonyl (C=O) groups excluding carboxylic acids is 1. The van der Waals surface area contributed by atoms with Crippen LogP contribution in [0.15, 0.2) is 47.3 Å². The third-order valence-electron chi connectivity index (χ3n) is 4.16. The summed E-state index contributed by atoms with van der Waals surface area (Å²) in [6.45, 7) is 0.693. The Labute approximate surface area is 136 Å². The Kier molecular flexibility index (Phi) is 3.37. The molecule has 2 heterocycles. The quantitative estimate of drug-likeness (QED) is 0.789. The molecule has 0 unspecified atom stereocenters. The van der Waals surface area contributed by atoms with Gasteiger partial charge in [-0.3, -0.25) is 14.2 Å². The van der Waals surface area contributed by atoms with E-state index >= 15 is 0 Å². The average Bonchev–Trinajstić information content (AvgIpc) is 3.03. The Morgan fingerprint density at radius 1 is 1.21 bits per heavy atom. The molecule has 120 valence electrons. The molecule has 1 amide bonds. The molecule has 1 aliphatic rings. The Morgan fingerprint density at radius 3 is 2.92 bits per heavy atom. The molecular formula is C18H14FN3O2. The molecule has 1 aliphatic heterocycles. The summed E-state index contributed by atoms with van der Waals surface area (Å²) in [6.07, 6.45) is 1.68. The third kappa shape index (κ3) is 2.46. The highest BCUT2D eigenvalue weighted by Gasteiger charge is 2.17. The highest BCUT2D eigenvalue weighted by Crippen LogP contribution is 2.17. The zero-order chi connectivity index (χ0) is 16.7. The summed E-state index contributed by atoms with van der Waals surface area (Å²) in [6, 6.07) is 10.5. The minimum atomic E-state index is -0.420. The number of aromatic nitrogens is 2. The largest absolute Gasteiger partial charge is 0.322 e. The summed E-state index contributed by atoms with van der Waals surface area (Å²) in [5.74, 6) is -0.0309. The number of anilines is 1. The average molecular weight is 323 g/mol. The van der Waals surface area contributed by atoms with E-state index in [1.54, 1.807) is 28.8 Å². The highest BCUT2D eigenvalue weighted by molar-refractivity contribution is 6.06. The molecule has 0 aliphatic carbocycles. The molecule has 24 heavy (non-hydrogen) atoms. The van der Waals surface area contributed by atoms with Crippen LogP contribution in [-0.4, -0.2) is 15.5 Å². The number of halogens is 1. The number of hydrogen-bond acceptors (Lipinski definition) is 3. The van der Waals surface area contributed by atoms with Gasteiger partial charge in [-0.15, -0.1) is 0 Å². The van der Waals surface area contributed by atoms with Crippen LogP contribution in [-0.2, 0) is 13.0 Å². The van der Waals surface area contributed by atoms with Crippen molar-refractivity contribution in [2.45, 2.75) is 19.4 Å². The lowest BCUT2D eigenvalue weighted by molar-refractivity contribution is 0.102. The van der Waals surface area contributed by atoms with Crippen molar-refractivity contribution in [2.24, 2.45) is 0 Å². The van der Waals surface area contributed by atoms with E-state index in [-0.39, 0.29) is 11.5 Å². The molecule has 1 aromatic heterocycles. The molecule has 1 N–H and O–H groups in total. The summed E-state index contributed by atoms with van der Waals surface area (Å²) in [5, 5.41) is 3.14. The highest BCUT2D eigenvalue weighted by atomic mass is 19.1. The number of rotatable bonds is 2. The fourth-order valence-electron chi connectivity index (χ4n) is 2.99. The first kappa shape index (κ1) is 14.6. The summed E-state index contributed by atoms with van der Waals surface area (Å²) >= 11 is 0. The molecule has 0 saturated carbocycles. The van der Waals surface area contributed by atoms with E-state index in [1.807, 2.05) is 0 Å². The maximum absolute atomic E-state index is 13.2. The first-order chi connectivity index (χ1) is 11.6. The van der Waals surface area contributed by atoms with E-state index in [0.29, 0.717) is 28.7 Å². The van der Waals surface area contributed by atoms with E-state index in [9.17, 15) is 14.0 Å². The van der Waals surface area contributed by atoms with Gasteiger partial charge in [0.1, 0.15) is 11.6 Å². The first-order valence-electron chi connectivity index (χ1n) is 7.72. The van der Waals surface area contributed by atoms with Crippen molar-refractivity contribution in [3.63, 3.8) is 0 Å². The van der Waals surface area contributed by atoms with Crippen molar-refractivity contribution in [1.82, 2.24) is 9.55 Å². The zero-order valence-electron chi connectivity index (χ0n) is 12.8. The molecule has 0 atom stereocenters. The van der Waals surface area contributed by atoms with Crippen LogP contribution in [0.3, 0.4) is 0 Å². The fraction of sp³-hybridized carbons (Fsp3) is 0.167. The maximum Gasteiger partial charge on any atom is 0.261 e. The number of carbonyl (C=O) groups is 1. The molecule has 0 fully saturated rings. The summed E-state index contributed by atoms with van der Waals surface area (Å²) in [7, 11) is 0. The van der Waals surface area contributed by atoms with Gasteiger partial charge in [0.2, 0.25) is 0 Å². The summed E-state index contributed by atoms with van der Waals surface area (Å²) < 4.78 is 14.9. The standard InChI is InChI=1S/C18H14FN3O2/c19-12-3-1-4-13(10-12)20-17(23)11-6-7-14-15(9-11)21-16-5-2-8-22(16)18(14)24/h1,3-4,6-7,9-10H,2,5,8H2,(H,20,23). The van der Waals surface area contributed by atoms with Gasteiger partial charge in [-0.2, -0.15) is 0 Å². The minimum Gasteiger partial charge on any atom is -0.322 e. The molecule has 0 saturated heterocycles. The van der Waals surface area contributed by atoms with Gasteiger partial charge in [0.15, 0.2) is 0 Å². The van der Waals surface area contributed by atoms with Crippen molar-refractivity contribution < 1.29 is 9.18 Å². The topological polar surface area (TPSA) is 64.0 Å². The van der Waals surface area contributed by atoms with Gasteiger partial charge in [0.05, 0.1) is 10.9 Å². The Balaban J connectivity index is 1.71. The van der Waals surface area contributed by atoms with Gasteiger partial charge >= 0.3 is 0 Å². The number of aryl methyl sites for hydroxylation is 1. The Morgan fingerprint density at radius 2 is 2.08 bits per heavy atom. The molecule has 0 spiro atoms. The molecule has 0 bridgehead atoms. The normalized spacial score (nSPS) is 13.0. The zero-order valence-corrected chi connectivity index (χ0v) is 12.8. The molecule has 0 radical (unpaired) electrons. The van der Waals surface area contributed by atoms with E-state index < -0.39 is 5.82 Å². The number of hydrogen-bond donors (Lipinski definition) is 1. The maximum atomic E-state index is 13.2. The predicted molar refractivity (Wildman–Crippen MR) is 88.7 cm³/mol. The lowest BCUT2D eigenvalue weighted by atomic mass is 10.1. The smallest absolute Gasteiger partial charge is 0.261 e. The second-order valence-corrected chi connectivity index (χ2v) is 5.78. The number of benzene rings is 2. The second-order valence-electron chi connectivity index (χ2n) is 5.78. The van der Waals surface area contributed by atoms with E-state index in [4.69, 9.17) is 0 Å². The van der Waals surface area contributed by atoms with Crippen LogP contribution in [0.5, 0.6) is 0 Å². The van der Waals surface area contributed by atoms with Crippen molar-refractivity contribution in [2.75, 3.05) is 5.32 Å². The van der Waals surface area contributed by atoms with Gasteiger partial charge in [-0.25, -0.2) is 9.37 Å². The van der Waals surface area contributed by atoms with Crippen LogP contribution >= 0.6 is 0 Å². The summed E-state index contributed by atoms with van der Waals surface area (Å²) in [4.78, 5) is 29.3. The molecule has 3 aromatic rings. The first-order valence-corrected chi connectivity index (χ1v) is 7.72. The monoisotopic (exact) mass is 323 g/mol. The van der Waals surface area contributed by atoms with Crippen molar-refractivity contribution in [1.29, 1.82) is 0 Å². The van der Waals surface area contributed by atoms with E-state index in [2.05, 4.69) is 10.3 Å². The lowest BCUT2D eigenvalue weighted by Crippen LogP contribution is -2.21. The second kappa shape index (κ2) is 5.56. The van der Waals surface area contributed by atoms with Crippen molar-refractivity contribution >= 4 is 22.5 Å². The summed E-state index contributed by atoms with van der Waals surface area (Å²) in [5.41, 5.74) is 1.20. The van der Waals surface area contributed by atoms with E-state index in [0.717, 1.165) is 18.7 Å². The third-order valence-corrected chi connectivity index (χ3v) is 4.16. The van der Waals surface area contributed by atoms with Crippen LogP contribution in [0, 0.1) is 5.82 Å². The van der Waals surface area contributed by atoms with E-state index in [1.165, 1.54) is 18.2 Å². The van der Waals surface area contributed by atoms with Crippen molar-refractivity contribution in [3.8, 4) is 0 Å². The molecule has 6 heteroatoms. The number of amides is 1. The van der Waals surface area contributed by atoms with Gasteiger partial charge in [0.25, 0.3) is 11.5 Å². The Hall–Kier alpha value is -3.02. The van der Waals surface area contributed by atoms with Crippen molar-refractivity contribution in [3.05, 3.63) is 70.0 Å². The SMILES string of the molecule is O=C(Nc1cccc(F)c1)c1ccc2c(=O)n3c(nc2c1)CCC3. The Bertz CT molecular complexity index is 1030. The number of nitrogens with zero attached hydrogens (tertiary/aromatic N) is 2. The number of fused-ring (bicyclic) bond motifs is 2. The number of nitrogens with one attached hydrogen (secondary N) is 1. The predicted octanol–water partition coefficient (Wildman–Crippen LogP) is 2.73. The van der Waals surface area contributed by atoms with Crippen LogP contribution < -0.4 is 10.9 Å². The molecular weight excluding hydrogens is 309 g/mol. The molecule has 2 aromatic carbocycles. The van der Waals surface area contributed by atoms with Gasteiger partial charge in [0, 0.05) is 24.2 Å².